The number of aromatic nitrogens is 2. The number of carbonyl (C=O) groups is 3. The first-order valence-electron chi connectivity index (χ1n) is 20.4. The number of allylic oxidation sites excluding steroid dienone is 2. The van der Waals surface area contributed by atoms with Crippen LogP contribution in [0.15, 0.2) is 40.0 Å². The molecule has 5 aromatic heterocycles. The highest BCUT2D eigenvalue weighted by Crippen LogP contribution is 2.38. The molecule has 1 aliphatic carbocycles. The lowest BCUT2D eigenvalue weighted by atomic mass is 9.96. The third-order valence-corrected chi connectivity index (χ3v) is 15.3. The van der Waals surface area contributed by atoms with E-state index in [1.54, 1.807) is 22.7 Å². The fourth-order valence-corrected chi connectivity index (χ4v) is 11.6. The second kappa shape index (κ2) is 19.2. The van der Waals surface area contributed by atoms with Crippen molar-refractivity contribution >= 4 is 112 Å². The number of esters is 2. The molecule has 0 saturated carbocycles. The molecule has 0 saturated heterocycles. The van der Waals surface area contributed by atoms with Crippen molar-refractivity contribution in [2.45, 2.75) is 125 Å². The first kappa shape index (κ1) is 41.2. The Morgan fingerprint density at radius 3 is 2.20 bits per heavy atom. The van der Waals surface area contributed by atoms with Crippen LogP contribution in [0.2, 0.25) is 0 Å². The number of unbranched alkanes of at least 4 members (excludes halogenated alkanes) is 9. The molecule has 0 fully saturated rings. The van der Waals surface area contributed by atoms with Gasteiger partial charge in [0.1, 0.15) is 3.92 Å². The van der Waals surface area contributed by atoms with E-state index in [1.807, 2.05) is 8.97 Å². The van der Waals surface area contributed by atoms with E-state index in [-0.39, 0.29) is 33.1 Å². The molecule has 1 aliphatic heterocycles. The Hall–Kier alpha value is -2.94. The lowest BCUT2D eigenvalue weighted by Gasteiger charge is -2.15. The second-order valence-corrected chi connectivity index (χ2v) is 19.8. The Labute approximate surface area is 354 Å². The van der Waals surface area contributed by atoms with Gasteiger partial charge in [-0.2, -0.15) is 0 Å². The van der Waals surface area contributed by atoms with Gasteiger partial charge in [-0.1, -0.05) is 113 Å². The lowest BCUT2D eigenvalue weighted by Crippen LogP contribution is -2.27. The van der Waals surface area contributed by atoms with Crippen molar-refractivity contribution in [3.8, 4) is 0 Å². The predicted octanol–water partition coefficient (Wildman–Crippen LogP) is 10.5. The molecule has 56 heavy (non-hydrogen) atoms. The molecule has 2 aliphatic rings. The number of pyridine rings is 1. The number of ether oxygens (including phenoxy) is 2. The van der Waals surface area contributed by atoms with E-state index in [2.05, 4.69) is 72.9 Å². The maximum absolute atomic E-state index is 14.3. The topological polar surface area (TPSA) is 96.1 Å². The van der Waals surface area contributed by atoms with Crippen LogP contribution in [-0.2, 0) is 38.3 Å². The summed E-state index contributed by atoms with van der Waals surface area (Å²) in [7, 11) is 0. The molecule has 0 N–H and O–H groups in total. The van der Waals surface area contributed by atoms with Crippen LogP contribution in [0.4, 0.5) is 0 Å². The first-order valence-corrected chi connectivity index (χ1v) is 24.2. The summed E-state index contributed by atoms with van der Waals surface area (Å²) in [6.07, 6.45) is 20.0. The van der Waals surface area contributed by atoms with Crippen molar-refractivity contribution in [2.75, 3.05) is 19.0 Å². The minimum Gasteiger partial charge on any atom is -0.465 e. The summed E-state index contributed by atoms with van der Waals surface area (Å²) in [5.41, 5.74) is 5.39. The van der Waals surface area contributed by atoms with Crippen molar-refractivity contribution in [3.05, 3.63) is 66.9 Å². The van der Waals surface area contributed by atoms with Crippen molar-refractivity contribution in [3.63, 3.8) is 0 Å². The Kier molecular flexibility index (Phi) is 14.1. The van der Waals surface area contributed by atoms with Gasteiger partial charge in [-0.05, 0) is 48.2 Å². The van der Waals surface area contributed by atoms with Crippen molar-refractivity contribution < 1.29 is 23.9 Å². The standard InChI is InChI=1S/C44H51IN2O6S3/c1-3-5-7-9-11-13-15-41(49)52-20-18-29-23-36-38(55-29)25-34-28-16-17-31-32(22-28)42(54-27-40(48)46(34)36)43(50)47-35(31)26-39-37(47)24-30(56-39)19-21-53-44(51)33(45)14-12-10-8-6-4-2/h16-17,23-26,33H,3-15,18-22,27H2,1-2H3. The highest BCUT2D eigenvalue weighted by atomic mass is 127. The van der Waals surface area contributed by atoms with Gasteiger partial charge in [0.25, 0.3) is 5.56 Å². The number of nitrogens with zero attached hydrogens (tertiary/aromatic N) is 2. The number of halogens is 1. The van der Waals surface area contributed by atoms with E-state index in [1.165, 1.54) is 56.7 Å². The fraction of sp³-hybridized carbons (Fsp3) is 0.500. The molecule has 5 aromatic rings. The summed E-state index contributed by atoms with van der Waals surface area (Å²) < 4.78 is 16.8. The van der Waals surface area contributed by atoms with Gasteiger partial charge in [-0.3, -0.25) is 28.1 Å². The molecule has 7 rings (SSSR count). The van der Waals surface area contributed by atoms with E-state index < -0.39 is 0 Å². The maximum atomic E-state index is 14.3. The molecule has 1 unspecified atom stereocenters. The maximum Gasteiger partial charge on any atom is 0.318 e. The van der Waals surface area contributed by atoms with Crippen molar-refractivity contribution in [1.29, 1.82) is 0 Å². The van der Waals surface area contributed by atoms with Crippen LogP contribution in [0.5, 0.6) is 0 Å². The van der Waals surface area contributed by atoms with E-state index in [0.29, 0.717) is 43.8 Å². The van der Waals surface area contributed by atoms with Crippen LogP contribution in [-0.4, -0.2) is 49.7 Å². The number of fused-ring (bicyclic) bond motifs is 9. The minimum atomic E-state index is -0.148. The summed E-state index contributed by atoms with van der Waals surface area (Å²) in [6.45, 7) is 5.05. The molecule has 8 nitrogen and oxygen atoms in total. The highest BCUT2D eigenvalue weighted by Gasteiger charge is 2.28. The van der Waals surface area contributed by atoms with Crippen LogP contribution in [0.3, 0.4) is 0 Å². The molecule has 0 spiro atoms. The van der Waals surface area contributed by atoms with Gasteiger partial charge in [0.2, 0.25) is 5.91 Å². The summed E-state index contributed by atoms with van der Waals surface area (Å²) in [6, 6.07) is 8.32. The van der Waals surface area contributed by atoms with Crippen LogP contribution < -0.4 is 10.8 Å². The molecule has 0 aromatic carbocycles. The van der Waals surface area contributed by atoms with Crippen molar-refractivity contribution in [2.24, 2.45) is 0 Å². The number of alkyl halides is 1. The molecule has 0 radical (unpaired) electrons. The van der Waals surface area contributed by atoms with Gasteiger partial charge in [-0.15, -0.1) is 34.4 Å². The zero-order chi connectivity index (χ0) is 39.2. The third kappa shape index (κ3) is 9.18. The van der Waals surface area contributed by atoms with Gasteiger partial charge >= 0.3 is 11.9 Å². The van der Waals surface area contributed by atoms with E-state index in [9.17, 15) is 19.2 Å². The fourth-order valence-electron chi connectivity index (χ4n) is 7.86. The number of carbonyl (C=O) groups excluding carboxylic acids is 3. The van der Waals surface area contributed by atoms with Crippen LogP contribution >= 0.6 is 57.0 Å². The lowest BCUT2D eigenvalue weighted by molar-refractivity contribution is -0.144. The zero-order valence-electron chi connectivity index (χ0n) is 32.4. The molecule has 6 heterocycles. The smallest absolute Gasteiger partial charge is 0.318 e. The van der Waals surface area contributed by atoms with E-state index >= 15 is 0 Å². The predicted molar refractivity (Wildman–Crippen MR) is 240 cm³/mol. The summed E-state index contributed by atoms with van der Waals surface area (Å²) in [5, 5.41) is 1.03. The molecular formula is C44H51IN2O6S3. The Bertz CT molecular complexity index is 2380. The van der Waals surface area contributed by atoms with Gasteiger partial charge in [-0.25, -0.2) is 0 Å². The number of hydrogen-bond acceptors (Lipinski definition) is 9. The number of rotatable bonds is 20. The zero-order valence-corrected chi connectivity index (χ0v) is 37.0. The van der Waals surface area contributed by atoms with Gasteiger partial charge in [0.05, 0.1) is 55.5 Å². The highest BCUT2D eigenvalue weighted by molar-refractivity contribution is 14.1. The molecule has 1 atom stereocenters. The third-order valence-electron chi connectivity index (χ3n) is 10.8. The quantitative estimate of drug-likeness (QED) is 0.0332. The van der Waals surface area contributed by atoms with Gasteiger partial charge in [0, 0.05) is 40.7 Å². The molecule has 12 heteroatoms. The van der Waals surface area contributed by atoms with Crippen LogP contribution in [0, 0.1) is 0 Å². The largest absolute Gasteiger partial charge is 0.465 e. The second-order valence-electron chi connectivity index (χ2n) is 15.0. The first-order chi connectivity index (χ1) is 27.3. The average molecular weight is 927 g/mol. The Morgan fingerprint density at radius 2 is 1.45 bits per heavy atom. The average Bonchev–Trinajstić information content (AvgIpc) is 3.95. The van der Waals surface area contributed by atoms with E-state index in [0.717, 1.165) is 89.9 Å². The summed E-state index contributed by atoms with van der Waals surface area (Å²) in [5.74, 6) is -0.212. The normalized spacial score (nSPS) is 14.3. The Balaban J connectivity index is 1.04. The molecule has 298 valence electrons. The van der Waals surface area contributed by atoms with Crippen molar-refractivity contribution in [1.82, 2.24) is 8.97 Å². The molecule has 2 bridgehead atoms. The molecular weight excluding hydrogens is 876 g/mol. The number of thiophene rings is 2. The molecule has 0 amide bonds. The van der Waals surface area contributed by atoms with Gasteiger partial charge < -0.3 is 9.47 Å². The van der Waals surface area contributed by atoms with E-state index in [4.69, 9.17) is 9.47 Å². The monoisotopic (exact) mass is 926 g/mol. The summed E-state index contributed by atoms with van der Waals surface area (Å²) >= 11 is 6.82. The minimum absolute atomic E-state index is 0.0633. The van der Waals surface area contributed by atoms with Crippen LogP contribution in [0.1, 0.15) is 123 Å². The van der Waals surface area contributed by atoms with Gasteiger partial charge in [0.15, 0.2) is 0 Å². The summed E-state index contributed by atoms with van der Waals surface area (Å²) in [4.78, 5) is 56.0. The van der Waals surface area contributed by atoms with Crippen LogP contribution in [0.25, 0.3) is 37.6 Å². The number of hydrogen-bond donors (Lipinski definition) is 0. The number of thioether (sulfide) groups is 1. The SMILES string of the molecule is CCCCCCCCC(=O)OCCc1cc2c(cc3n2C(=O)CSc2c4c(c5cc6sc(CCOC(=O)C(I)CCCCCCC)cc6n5c2=O)=CC=C3C4)s1. The Morgan fingerprint density at radius 1 is 0.786 bits per heavy atom.